The zero-order valence-corrected chi connectivity index (χ0v) is 15.9. The Labute approximate surface area is 137 Å². The van der Waals surface area contributed by atoms with Gasteiger partial charge >= 0.3 is 7.07 Å². The Morgan fingerprint density at radius 3 is 2.29 bits per heavy atom. The number of nitrogens with zero attached hydrogens (tertiary/aromatic N) is 3. The first kappa shape index (κ1) is 17.9. The van der Waals surface area contributed by atoms with Crippen LogP contribution in [0.2, 0.25) is 0 Å². The molecule has 2 atom stereocenters. The van der Waals surface area contributed by atoms with Gasteiger partial charge in [0.05, 0.1) is 0 Å². The molecule has 3 nitrogen and oxygen atoms in total. The highest BCUT2D eigenvalue weighted by Crippen LogP contribution is 2.73. The summed E-state index contributed by atoms with van der Waals surface area (Å²) in [5.74, 6) is 0.876. The van der Waals surface area contributed by atoms with Crippen LogP contribution in [0.3, 0.4) is 0 Å². The first-order valence-electron chi connectivity index (χ1n) is 9.01. The van der Waals surface area contributed by atoms with Gasteiger partial charge in [0.25, 0.3) is 0 Å². The van der Waals surface area contributed by atoms with Crippen LogP contribution >= 0.6 is 18.3 Å². The smallest absolute Gasteiger partial charge is 0.134 e. The summed E-state index contributed by atoms with van der Waals surface area (Å²) in [7, 11) is -1.77. The summed E-state index contributed by atoms with van der Waals surface area (Å²) in [6, 6.07) is 0. The second kappa shape index (κ2) is 8.45. The van der Waals surface area contributed by atoms with Crippen LogP contribution in [0.25, 0.3) is 0 Å². The van der Waals surface area contributed by atoms with E-state index in [1.807, 2.05) is 0 Å². The molecule has 21 heavy (non-hydrogen) atoms. The lowest BCUT2D eigenvalue weighted by atomic mass is 10.0. The van der Waals surface area contributed by atoms with E-state index >= 15 is 0 Å². The van der Waals surface area contributed by atoms with Crippen molar-refractivity contribution in [3.8, 4) is 0 Å². The Balaban J connectivity index is 2.08. The summed E-state index contributed by atoms with van der Waals surface area (Å²) < 4.78 is 7.86. The Bertz CT molecular complexity index is 304. The normalized spacial score (nSPS) is 27.6. The molecule has 2 aliphatic heterocycles. The van der Waals surface area contributed by atoms with Gasteiger partial charge in [0.15, 0.2) is 11.2 Å². The van der Waals surface area contributed by atoms with Crippen molar-refractivity contribution < 1.29 is 0 Å². The monoisotopic (exact) mass is 334 g/mol. The first-order valence-corrected chi connectivity index (χ1v) is 11.6. The van der Waals surface area contributed by atoms with E-state index in [0.717, 1.165) is 19.0 Å². The van der Waals surface area contributed by atoms with Gasteiger partial charge in [-0.3, -0.25) is 0 Å². The molecule has 0 aliphatic carbocycles. The molecule has 0 aromatic heterocycles. The molecule has 2 heterocycles. The summed E-state index contributed by atoms with van der Waals surface area (Å²) in [6.07, 6.45) is 8.08. The number of rotatable bonds is 8. The van der Waals surface area contributed by atoms with Crippen LogP contribution in [-0.4, -0.2) is 53.3 Å². The Hall–Kier alpha value is 0.600. The average Bonchev–Trinajstić information content (AvgIpc) is 3.17. The molecule has 0 aromatic carbocycles. The molecule has 5 heteroatoms. The maximum Gasteiger partial charge on any atom is 0.332 e. The summed E-state index contributed by atoms with van der Waals surface area (Å²) in [5, 5.41) is 0. The molecular weight excluding hydrogens is 301 g/mol. The van der Waals surface area contributed by atoms with E-state index < -0.39 is 7.07 Å². The third-order valence-electron chi connectivity index (χ3n) is 5.12. The largest absolute Gasteiger partial charge is 0.332 e. The molecular formula is C16H34ClN3P+. The summed E-state index contributed by atoms with van der Waals surface area (Å²) in [4.78, 5) is 0. The van der Waals surface area contributed by atoms with Crippen LogP contribution in [-0.2, 0) is 0 Å². The van der Waals surface area contributed by atoms with E-state index in [1.54, 1.807) is 0 Å². The Morgan fingerprint density at radius 1 is 1.05 bits per heavy atom. The van der Waals surface area contributed by atoms with Crippen molar-refractivity contribution in [2.75, 3.05) is 39.3 Å². The van der Waals surface area contributed by atoms with Crippen molar-refractivity contribution >= 4 is 18.3 Å². The second-order valence-corrected chi connectivity index (χ2v) is 10.6. The minimum absolute atomic E-state index is 0.876. The fourth-order valence-electron chi connectivity index (χ4n) is 3.85. The van der Waals surface area contributed by atoms with Crippen LogP contribution in [0.15, 0.2) is 0 Å². The van der Waals surface area contributed by atoms with Gasteiger partial charge in [-0.1, -0.05) is 19.8 Å². The van der Waals surface area contributed by atoms with Crippen LogP contribution in [0.5, 0.6) is 0 Å². The number of hydrogen-bond acceptors (Lipinski definition) is 3. The Kier molecular flexibility index (Phi) is 7.22. The lowest BCUT2D eigenvalue weighted by molar-refractivity contribution is 0.362. The molecule has 0 radical (unpaired) electrons. The second-order valence-electron chi connectivity index (χ2n) is 6.50. The molecule has 0 aromatic rings. The highest BCUT2D eigenvalue weighted by molar-refractivity contribution is 7.93. The topological polar surface area (TPSA) is 9.72 Å². The molecule has 0 N–H and O–H groups in total. The standard InChI is InChI=1S/C16H34ClN3P/c1-4-7-10-16-11-14-20(15-16)21(17,18(5-2)6-3)19-12-8-9-13-19/h16H,4-15H2,1-3H3/q+1. The number of unbranched alkanes of at least 4 members (excludes halogenated alkanes) is 1. The fourth-order valence-corrected chi connectivity index (χ4v) is 8.75. The van der Waals surface area contributed by atoms with Crippen LogP contribution in [0, 0.1) is 5.92 Å². The van der Waals surface area contributed by atoms with Crippen molar-refractivity contribution in [3.63, 3.8) is 0 Å². The molecule has 0 amide bonds. The number of hydrogen-bond donors (Lipinski definition) is 0. The van der Waals surface area contributed by atoms with Gasteiger partial charge in [0.1, 0.15) is 0 Å². The minimum atomic E-state index is -1.77. The lowest BCUT2D eigenvalue weighted by Crippen LogP contribution is -2.41. The SMILES string of the molecule is CCCCC1CCN([P+](Cl)(N(CC)CC)N2CCCC2)C1. The van der Waals surface area contributed by atoms with Gasteiger partial charge in [-0.2, -0.15) is 0 Å². The lowest BCUT2D eigenvalue weighted by Gasteiger charge is -2.39. The number of halogens is 1. The molecule has 0 saturated carbocycles. The maximum absolute atomic E-state index is 7.41. The van der Waals surface area contributed by atoms with E-state index in [2.05, 4.69) is 34.8 Å². The predicted molar refractivity (Wildman–Crippen MR) is 95.7 cm³/mol. The molecule has 124 valence electrons. The van der Waals surface area contributed by atoms with Crippen molar-refractivity contribution in [3.05, 3.63) is 0 Å². The van der Waals surface area contributed by atoms with E-state index in [0.29, 0.717) is 0 Å². The van der Waals surface area contributed by atoms with E-state index in [1.165, 1.54) is 64.7 Å². The van der Waals surface area contributed by atoms with Crippen LogP contribution < -0.4 is 0 Å². The van der Waals surface area contributed by atoms with Crippen molar-refractivity contribution in [2.45, 2.75) is 59.3 Å². The van der Waals surface area contributed by atoms with Gasteiger partial charge in [-0.15, -0.1) is 14.0 Å². The first-order chi connectivity index (χ1) is 10.2. The van der Waals surface area contributed by atoms with Gasteiger partial charge < -0.3 is 0 Å². The molecule has 2 saturated heterocycles. The third-order valence-corrected chi connectivity index (χ3v) is 10.5. The summed E-state index contributed by atoms with van der Waals surface area (Å²) in [6.45, 7) is 13.8. The molecule has 2 fully saturated rings. The summed E-state index contributed by atoms with van der Waals surface area (Å²) in [5.41, 5.74) is 0. The van der Waals surface area contributed by atoms with Gasteiger partial charge in [-0.25, -0.2) is 0 Å². The van der Waals surface area contributed by atoms with Crippen molar-refractivity contribution in [1.29, 1.82) is 0 Å². The quantitative estimate of drug-likeness (QED) is 0.587. The maximum atomic E-state index is 7.41. The van der Waals surface area contributed by atoms with Gasteiger partial charge in [0.2, 0.25) is 0 Å². The minimum Gasteiger partial charge on any atom is -0.134 e. The van der Waals surface area contributed by atoms with Gasteiger partial charge in [-0.05, 0) is 45.4 Å². The molecule has 2 aliphatic rings. The molecule has 2 rings (SSSR count). The molecule has 0 spiro atoms. The third kappa shape index (κ3) is 3.93. The Morgan fingerprint density at radius 2 is 1.71 bits per heavy atom. The van der Waals surface area contributed by atoms with Crippen LogP contribution in [0.1, 0.15) is 59.3 Å². The highest BCUT2D eigenvalue weighted by Gasteiger charge is 2.57. The van der Waals surface area contributed by atoms with Crippen molar-refractivity contribution in [2.24, 2.45) is 5.92 Å². The molecule has 2 unspecified atom stereocenters. The van der Waals surface area contributed by atoms with E-state index in [9.17, 15) is 0 Å². The summed E-state index contributed by atoms with van der Waals surface area (Å²) >= 11 is 7.41. The van der Waals surface area contributed by atoms with Crippen molar-refractivity contribution in [1.82, 2.24) is 14.0 Å². The van der Waals surface area contributed by atoms with E-state index in [4.69, 9.17) is 11.2 Å². The average molecular weight is 335 g/mol. The highest BCUT2D eigenvalue weighted by atomic mass is 35.7. The van der Waals surface area contributed by atoms with Crippen LogP contribution in [0.4, 0.5) is 0 Å². The van der Waals surface area contributed by atoms with E-state index in [-0.39, 0.29) is 0 Å². The molecule has 0 bridgehead atoms. The zero-order chi connectivity index (χ0) is 15.3. The predicted octanol–water partition coefficient (Wildman–Crippen LogP) is 4.85. The zero-order valence-electron chi connectivity index (χ0n) is 14.2. The fraction of sp³-hybridized carbons (Fsp3) is 1.00. The van der Waals surface area contributed by atoms with Gasteiger partial charge in [0, 0.05) is 39.3 Å².